The standard InChI is InChI=1S/C27H37F2N9O/c28-27(29)9-14-37(15-10-27)25-17-24(31-22-7-12-36(13-8-22)19-21-5-2-1-3-6-21)32-26(33-25)30-18-23-20-38(35-34-23)11-4-16-39/h1-3,5-6,17,20,22,39H,4,7-16,18-19H2,(H2,30,31,32,33). The van der Waals surface area contributed by atoms with Gasteiger partial charge in [-0.25, -0.2) is 8.78 Å². The number of halogens is 2. The van der Waals surface area contributed by atoms with E-state index in [0.29, 0.717) is 37.1 Å². The highest BCUT2D eigenvalue weighted by Crippen LogP contribution is 2.31. The molecule has 0 unspecified atom stereocenters. The van der Waals surface area contributed by atoms with Crippen LogP contribution in [0, 0.1) is 0 Å². The van der Waals surface area contributed by atoms with Crippen molar-refractivity contribution >= 4 is 17.6 Å². The van der Waals surface area contributed by atoms with E-state index in [1.807, 2.05) is 23.2 Å². The van der Waals surface area contributed by atoms with Crippen LogP contribution in [0.5, 0.6) is 0 Å². The number of rotatable bonds is 11. The van der Waals surface area contributed by atoms with Crippen molar-refractivity contribution < 1.29 is 13.9 Å². The van der Waals surface area contributed by atoms with Gasteiger partial charge in [0, 0.05) is 70.8 Å². The summed E-state index contributed by atoms with van der Waals surface area (Å²) in [6.07, 6.45) is 4.04. The Labute approximate surface area is 227 Å². The van der Waals surface area contributed by atoms with Gasteiger partial charge in [-0.1, -0.05) is 35.5 Å². The lowest BCUT2D eigenvalue weighted by Crippen LogP contribution is -2.40. The first-order chi connectivity index (χ1) is 19.0. The lowest BCUT2D eigenvalue weighted by Gasteiger charge is -2.34. The first-order valence-corrected chi connectivity index (χ1v) is 13.7. The van der Waals surface area contributed by atoms with E-state index in [-0.39, 0.29) is 38.6 Å². The van der Waals surface area contributed by atoms with E-state index in [1.165, 1.54) is 5.56 Å². The Kier molecular flexibility index (Phi) is 8.82. The second-order valence-corrected chi connectivity index (χ2v) is 10.4. The number of benzene rings is 1. The van der Waals surface area contributed by atoms with Gasteiger partial charge in [0.2, 0.25) is 5.95 Å². The van der Waals surface area contributed by atoms with E-state index in [1.54, 1.807) is 4.68 Å². The van der Waals surface area contributed by atoms with Gasteiger partial charge in [-0.05, 0) is 24.8 Å². The number of piperidine rings is 2. The SMILES string of the molecule is OCCCn1cc(CNc2nc(NC3CCN(Cc4ccccc4)CC3)cc(N3CCC(F)(F)CC3)n2)nn1. The molecule has 0 saturated carbocycles. The van der Waals surface area contributed by atoms with Crippen molar-refractivity contribution in [3.05, 3.63) is 53.9 Å². The number of hydrogen-bond donors (Lipinski definition) is 3. The molecule has 210 valence electrons. The van der Waals surface area contributed by atoms with Gasteiger partial charge in [-0.15, -0.1) is 5.10 Å². The van der Waals surface area contributed by atoms with Crippen LogP contribution in [0.1, 0.15) is 43.4 Å². The van der Waals surface area contributed by atoms with Crippen LogP contribution in [-0.2, 0) is 19.6 Å². The number of aryl methyl sites for hydroxylation is 1. The van der Waals surface area contributed by atoms with Crippen LogP contribution in [0.4, 0.5) is 26.4 Å². The van der Waals surface area contributed by atoms with Crippen molar-refractivity contribution in [1.82, 2.24) is 29.9 Å². The molecule has 5 rings (SSSR count). The van der Waals surface area contributed by atoms with Crippen molar-refractivity contribution in [2.24, 2.45) is 0 Å². The molecule has 12 heteroatoms. The molecule has 3 N–H and O–H groups in total. The Bertz CT molecular complexity index is 1180. The minimum atomic E-state index is -2.62. The molecule has 0 spiro atoms. The maximum Gasteiger partial charge on any atom is 0.251 e. The summed E-state index contributed by atoms with van der Waals surface area (Å²) in [7, 11) is 0. The van der Waals surface area contributed by atoms with E-state index in [4.69, 9.17) is 10.1 Å². The van der Waals surface area contributed by atoms with Crippen molar-refractivity contribution in [3.63, 3.8) is 0 Å². The molecule has 2 aliphatic rings. The minimum absolute atomic E-state index is 0.0956. The second-order valence-electron chi connectivity index (χ2n) is 10.4. The third kappa shape index (κ3) is 7.82. The summed E-state index contributed by atoms with van der Waals surface area (Å²) in [5.74, 6) is -0.883. The fraction of sp³-hybridized carbons (Fsp3) is 0.556. The molecule has 39 heavy (non-hydrogen) atoms. The molecule has 0 bridgehead atoms. The Morgan fingerprint density at radius 3 is 2.54 bits per heavy atom. The van der Waals surface area contributed by atoms with Crippen LogP contribution in [-0.4, -0.2) is 79.7 Å². The average Bonchev–Trinajstić information content (AvgIpc) is 3.40. The van der Waals surface area contributed by atoms with Gasteiger partial charge in [-0.2, -0.15) is 9.97 Å². The first kappa shape index (κ1) is 27.2. The molecule has 0 amide bonds. The Balaban J connectivity index is 1.23. The summed E-state index contributed by atoms with van der Waals surface area (Å²) < 4.78 is 29.3. The third-order valence-electron chi connectivity index (χ3n) is 7.28. The van der Waals surface area contributed by atoms with Crippen molar-refractivity contribution in [1.29, 1.82) is 0 Å². The van der Waals surface area contributed by atoms with Crippen molar-refractivity contribution in [3.8, 4) is 0 Å². The summed E-state index contributed by atoms with van der Waals surface area (Å²) in [5.41, 5.74) is 2.04. The summed E-state index contributed by atoms with van der Waals surface area (Å²) >= 11 is 0. The quantitative estimate of drug-likeness (QED) is 0.337. The van der Waals surface area contributed by atoms with Crippen molar-refractivity contribution in [2.45, 2.75) is 63.7 Å². The fourth-order valence-corrected chi connectivity index (χ4v) is 5.03. The maximum atomic E-state index is 13.8. The topological polar surface area (TPSA) is 107 Å². The molecule has 1 aromatic carbocycles. The minimum Gasteiger partial charge on any atom is -0.396 e. The number of anilines is 3. The zero-order valence-corrected chi connectivity index (χ0v) is 22.1. The lowest BCUT2D eigenvalue weighted by atomic mass is 10.0. The molecule has 2 fully saturated rings. The largest absolute Gasteiger partial charge is 0.396 e. The van der Waals surface area contributed by atoms with Gasteiger partial charge >= 0.3 is 0 Å². The van der Waals surface area contributed by atoms with Crippen molar-refractivity contribution in [2.75, 3.05) is 48.3 Å². The molecule has 10 nitrogen and oxygen atoms in total. The van der Waals surface area contributed by atoms with Gasteiger partial charge in [0.05, 0.1) is 12.7 Å². The molecule has 4 heterocycles. The Morgan fingerprint density at radius 1 is 1.03 bits per heavy atom. The van der Waals surface area contributed by atoms with Crippen LogP contribution < -0.4 is 15.5 Å². The number of nitrogens with zero attached hydrogens (tertiary/aromatic N) is 7. The number of aromatic nitrogens is 5. The smallest absolute Gasteiger partial charge is 0.251 e. The molecule has 3 aromatic rings. The van der Waals surface area contributed by atoms with E-state index >= 15 is 0 Å². The average molecular weight is 542 g/mol. The molecule has 2 saturated heterocycles. The highest BCUT2D eigenvalue weighted by atomic mass is 19.3. The number of hydrogen-bond acceptors (Lipinski definition) is 9. The lowest BCUT2D eigenvalue weighted by molar-refractivity contribution is -0.0221. The molecule has 0 aliphatic carbocycles. The highest BCUT2D eigenvalue weighted by Gasteiger charge is 2.34. The van der Waals surface area contributed by atoms with Crippen LogP contribution in [0.25, 0.3) is 0 Å². The van der Waals surface area contributed by atoms with Gasteiger partial charge in [-0.3, -0.25) is 9.58 Å². The zero-order chi connectivity index (χ0) is 27.1. The zero-order valence-electron chi connectivity index (χ0n) is 22.1. The third-order valence-corrected chi connectivity index (χ3v) is 7.28. The van der Waals surface area contributed by atoms with E-state index in [0.717, 1.165) is 38.2 Å². The number of likely N-dealkylation sites (tertiary alicyclic amines) is 1. The molecule has 2 aromatic heterocycles. The van der Waals surface area contributed by atoms with Gasteiger partial charge in [0.1, 0.15) is 17.3 Å². The number of alkyl halides is 2. The molecule has 0 atom stereocenters. The number of aliphatic hydroxyl groups is 1. The maximum absolute atomic E-state index is 13.8. The van der Waals surface area contributed by atoms with Gasteiger partial charge in [0.25, 0.3) is 5.92 Å². The predicted octanol–water partition coefficient (Wildman–Crippen LogP) is 3.37. The normalized spacial score (nSPS) is 18.3. The van der Waals surface area contributed by atoms with Gasteiger partial charge in [0.15, 0.2) is 0 Å². The summed E-state index contributed by atoms with van der Waals surface area (Å²) in [6, 6.07) is 12.6. The Hall–Kier alpha value is -3.38. The highest BCUT2D eigenvalue weighted by molar-refractivity contribution is 5.54. The van der Waals surface area contributed by atoms with Gasteiger partial charge < -0.3 is 20.6 Å². The van der Waals surface area contributed by atoms with Crippen LogP contribution >= 0.6 is 0 Å². The number of aliphatic hydroxyl groups excluding tert-OH is 1. The summed E-state index contributed by atoms with van der Waals surface area (Å²) in [6.45, 7) is 4.48. The summed E-state index contributed by atoms with van der Waals surface area (Å²) in [4.78, 5) is 13.7. The molecular formula is C27H37F2N9O. The van der Waals surface area contributed by atoms with Crippen LogP contribution in [0.3, 0.4) is 0 Å². The van der Waals surface area contributed by atoms with Crippen LogP contribution in [0.15, 0.2) is 42.6 Å². The fourth-order valence-electron chi connectivity index (χ4n) is 5.03. The molecular weight excluding hydrogens is 504 g/mol. The summed E-state index contributed by atoms with van der Waals surface area (Å²) in [5, 5.41) is 24.1. The first-order valence-electron chi connectivity index (χ1n) is 13.7. The number of nitrogens with one attached hydrogen (secondary N) is 2. The Morgan fingerprint density at radius 2 is 1.79 bits per heavy atom. The van der Waals surface area contributed by atoms with Crippen LogP contribution in [0.2, 0.25) is 0 Å². The molecule has 0 radical (unpaired) electrons. The molecule has 2 aliphatic heterocycles. The van der Waals surface area contributed by atoms with E-state index in [9.17, 15) is 8.78 Å². The van der Waals surface area contributed by atoms with E-state index in [2.05, 4.69) is 55.1 Å². The monoisotopic (exact) mass is 541 g/mol. The van der Waals surface area contributed by atoms with E-state index < -0.39 is 5.92 Å². The second kappa shape index (κ2) is 12.6. The predicted molar refractivity (Wildman–Crippen MR) is 146 cm³/mol.